The molecule has 0 aliphatic carbocycles. The first-order valence-corrected chi connectivity index (χ1v) is 4.88. The summed E-state index contributed by atoms with van der Waals surface area (Å²) in [5.74, 6) is -0.358. The number of rotatable bonds is 5. The maximum absolute atomic E-state index is 11.5. The lowest BCUT2D eigenvalue weighted by Gasteiger charge is -2.13. The van der Waals surface area contributed by atoms with Gasteiger partial charge in [0.2, 0.25) is 0 Å². The van der Waals surface area contributed by atoms with Crippen LogP contribution in [0.3, 0.4) is 0 Å². The number of nitrogens with zero attached hydrogens (tertiary/aromatic N) is 2. The normalized spacial score (nSPS) is 10.5. The van der Waals surface area contributed by atoms with Gasteiger partial charge in [-0.15, -0.1) is 10.2 Å². The molecule has 1 aromatic rings. The van der Waals surface area contributed by atoms with E-state index in [-0.39, 0.29) is 23.3 Å². The van der Waals surface area contributed by atoms with Crippen molar-refractivity contribution in [2.45, 2.75) is 6.29 Å². The van der Waals surface area contributed by atoms with Gasteiger partial charge in [-0.3, -0.25) is 4.79 Å². The highest BCUT2D eigenvalue weighted by Crippen LogP contribution is 2.01. The van der Waals surface area contributed by atoms with Crippen LogP contribution >= 0.6 is 11.6 Å². The summed E-state index contributed by atoms with van der Waals surface area (Å²) < 4.78 is 9.82. The topological polar surface area (TPSA) is 73.3 Å². The highest BCUT2D eigenvalue weighted by Gasteiger charge is 2.11. The summed E-state index contributed by atoms with van der Waals surface area (Å²) in [7, 11) is 2.98. The minimum Gasteiger partial charge on any atom is -0.354 e. The van der Waals surface area contributed by atoms with Crippen LogP contribution in [0.1, 0.15) is 10.5 Å². The van der Waals surface area contributed by atoms with Crippen LogP contribution in [0.25, 0.3) is 0 Å². The van der Waals surface area contributed by atoms with E-state index in [0.717, 1.165) is 0 Å². The average Bonchev–Trinajstić information content (AvgIpc) is 2.31. The fraction of sp³-hybridized carbons (Fsp3) is 0.444. The van der Waals surface area contributed by atoms with E-state index >= 15 is 0 Å². The smallest absolute Gasteiger partial charge is 0.271 e. The van der Waals surface area contributed by atoms with E-state index < -0.39 is 6.29 Å². The number of carbonyl (C=O) groups excluding carboxylic acids is 1. The number of carbonyl (C=O) groups is 1. The number of hydrogen-bond donors (Lipinski definition) is 1. The van der Waals surface area contributed by atoms with E-state index in [0.29, 0.717) is 0 Å². The van der Waals surface area contributed by atoms with Crippen LogP contribution in [0.2, 0.25) is 5.15 Å². The molecule has 1 N–H and O–H groups in total. The van der Waals surface area contributed by atoms with Gasteiger partial charge < -0.3 is 14.8 Å². The van der Waals surface area contributed by atoms with Crippen molar-refractivity contribution in [1.29, 1.82) is 0 Å². The highest BCUT2D eigenvalue weighted by atomic mass is 35.5. The predicted octanol–water partition coefficient (Wildman–Crippen LogP) is 0.479. The van der Waals surface area contributed by atoms with E-state index in [4.69, 9.17) is 21.1 Å². The van der Waals surface area contributed by atoms with Gasteiger partial charge in [0.05, 0.1) is 6.54 Å². The molecule has 1 rings (SSSR count). The molecule has 0 fully saturated rings. The van der Waals surface area contributed by atoms with Gasteiger partial charge in [0.15, 0.2) is 17.1 Å². The van der Waals surface area contributed by atoms with Gasteiger partial charge in [0.25, 0.3) is 5.91 Å². The molecule has 1 amide bonds. The number of hydrogen-bond acceptors (Lipinski definition) is 5. The monoisotopic (exact) mass is 245 g/mol. The second-order valence-corrected chi connectivity index (χ2v) is 3.24. The van der Waals surface area contributed by atoms with Crippen LogP contribution in [0.5, 0.6) is 0 Å². The van der Waals surface area contributed by atoms with Crippen molar-refractivity contribution in [3.05, 3.63) is 23.0 Å². The molecule has 0 saturated heterocycles. The van der Waals surface area contributed by atoms with Crippen LogP contribution in [0, 0.1) is 0 Å². The molecule has 0 aromatic carbocycles. The molecule has 6 nitrogen and oxygen atoms in total. The SMILES string of the molecule is COC(CNC(=O)c1ccc(Cl)nn1)OC. The lowest BCUT2D eigenvalue weighted by Crippen LogP contribution is -2.34. The molecule has 1 aromatic heterocycles. The Morgan fingerprint density at radius 1 is 1.44 bits per heavy atom. The summed E-state index contributed by atoms with van der Waals surface area (Å²) in [5, 5.41) is 10.0. The van der Waals surface area contributed by atoms with Crippen LogP contribution in [0.15, 0.2) is 12.1 Å². The van der Waals surface area contributed by atoms with E-state index in [9.17, 15) is 4.79 Å². The van der Waals surface area contributed by atoms with Crippen LogP contribution in [0.4, 0.5) is 0 Å². The van der Waals surface area contributed by atoms with Gasteiger partial charge in [-0.25, -0.2) is 0 Å². The molecule has 16 heavy (non-hydrogen) atoms. The Morgan fingerprint density at radius 2 is 2.12 bits per heavy atom. The quantitative estimate of drug-likeness (QED) is 0.764. The fourth-order valence-electron chi connectivity index (χ4n) is 0.967. The Balaban J connectivity index is 2.49. The van der Waals surface area contributed by atoms with Gasteiger partial charge >= 0.3 is 0 Å². The molecule has 0 aliphatic rings. The zero-order valence-corrected chi connectivity index (χ0v) is 9.69. The summed E-state index contributed by atoms with van der Waals surface area (Å²) in [5.41, 5.74) is 0.190. The maximum atomic E-state index is 11.5. The van der Waals surface area contributed by atoms with Crippen molar-refractivity contribution in [3.63, 3.8) is 0 Å². The van der Waals surface area contributed by atoms with Gasteiger partial charge in [-0.05, 0) is 12.1 Å². The van der Waals surface area contributed by atoms with E-state index in [1.54, 1.807) is 0 Å². The van der Waals surface area contributed by atoms with E-state index in [1.807, 2.05) is 0 Å². The number of nitrogens with one attached hydrogen (secondary N) is 1. The Labute approximate surface area is 97.9 Å². The number of methoxy groups -OCH3 is 2. The third kappa shape index (κ3) is 3.73. The highest BCUT2D eigenvalue weighted by molar-refractivity contribution is 6.29. The molecule has 0 aliphatic heterocycles. The maximum Gasteiger partial charge on any atom is 0.271 e. The Hall–Kier alpha value is -1.24. The van der Waals surface area contributed by atoms with Gasteiger partial charge in [0, 0.05) is 14.2 Å². The van der Waals surface area contributed by atoms with Crippen molar-refractivity contribution < 1.29 is 14.3 Å². The molecule has 0 saturated carbocycles. The third-order valence-electron chi connectivity index (χ3n) is 1.82. The second kappa shape index (κ2) is 6.37. The van der Waals surface area contributed by atoms with Crippen molar-refractivity contribution in [2.75, 3.05) is 20.8 Å². The molecule has 0 bridgehead atoms. The summed E-state index contributed by atoms with van der Waals surface area (Å²) in [6, 6.07) is 2.98. The zero-order valence-electron chi connectivity index (χ0n) is 8.94. The number of aromatic nitrogens is 2. The Bertz CT molecular complexity index is 340. The average molecular weight is 246 g/mol. The van der Waals surface area contributed by atoms with Crippen LogP contribution < -0.4 is 5.32 Å². The molecule has 1 heterocycles. The first-order chi connectivity index (χ1) is 7.67. The summed E-state index contributed by atoms with van der Waals surface area (Å²) >= 11 is 5.54. The minimum atomic E-state index is -0.482. The van der Waals surface area contributed by atoms with E-state index in [1.165, 1.54) is 26.4 Å². The first-order valence-electron chi connectivity index (χ1n) is 4.50. The van der Waals surface area contributed by atoms with Crippen LogP contribution in [-0.2, 0) is 9.47 Å². The summed E-state index contributed by atoms with van der Waals surface area (Å²) in [6.45, 7) is 0.232. The first kappa shape index (κ1) is 12.8. The van der Waals surface area contributed by atoms with Gasteiger partial charge in [-0.1, -0.05) is 11.6 Å². The second-order valence-electron chi connectivity index (χ2n) is 2.85. The van der Waals surface area contributed by atoms with Crippen molar-refractivity contribution >= 4 is 17.5 Å². The molecule has 7 heteroatoms. The number of ether oxygens (including phenoxy) is 2. The Kier molecular flexibility index (Phi) is 5.10. The Morgan fingerprint density at radius 3 is 2.62 bits per heavy atom. The van der Waals surface area contributed by atoms with Crippen molar-refractivity contribution in [1.82, 2.24) is 15.5 Å². The van der Waals surface area contributed by atoms with E-state index in [2.05, 4.69) is 15.5 Å². The molecule has 88 valence electrons. The minimum absolute atomic E-state index is 0.190. The molecular weight excluding hydrogens is 234 g/mol. The van der Waals surface area contributed by atoms with Gasteiger partial charge in [-0.2, -0.15) is 0 Å². The lowest BCUT2D eigenvalue weighted by atomic mass is 10.3. The zero-order chi connectivity index (χ0) is 12.0. The van der Waals surface area contributed by atoms with Crippen molar-refractivity contribution in [3.8, 4) is 0 Å². The van der Waals surface area contributed by atoms with Crippen molar-refractivity contribution in [2.24, 2.45) is 0 Å². The summed E-state index contributed by atoms with van der Waals surface area (Å²) in [4.78, 5) is 11.5. The largest absolute Gasteiger partial charge is 0.354 e. The van der Waals surface area contributed by atoms with Crippen LogP contribution in [-0.4, -0.2) is 43.2 Å². The molecule has 0 radical (unpaired) electrons. The molecule has 0 spiro atoms. The standard InChI is InChI=1S/C9H12ClN3O3/c1-15-8(16-2)5-11-9(14)6-3-4-7(10)13-12-6/h3-4,8H,5H2,1-2H3,(H,11,14). The predicted molar refractivity (Wildman–Crippen MR) is 57.2 cm³/mol. The number of halogens is 1. The third-order valence-corrected chi connectivity index (χ3v) is 2.02. The van der Waals surface area contributed by atoms with Gasteiger partial charge in [0.1, 0.15) is 0 Å². The lowest BCUT2D eigenvalue weighted by molar-refractivity contribution is -0.0974. The fourth-order valence-corrected chi connectivity index (χ4v) is 1.07. The summed E-state index contributed by atoms with van der Waals surface area (Å²) in [6.07, 6.45) is -0.482. The number of amides is 1. The molecular formula is C9H12ClN3O3. The molecule has 0 atom stereocenters. The molecule has 0 unspecified atom stereocenters.